The summed E-state index contributed by atoms with van der Waals surface area (Å²) in [4.78, 5) is 15.1. The van der Waals surface area contributed by atoms with Crippen molar-refractivity contribution in [1.82, 2.24) is 4.90 Å². The van der Waals surface area contributed by atoms with Crippen LogP contribution in [-0.4, -0.2) is 36.4 Å². The molecule has 1 unspecified atom stereocenters. The van der Waals surface area contributed by atoms with Crippen molar-refractivity contribution in [3.8, 4) is 0 Å². The van der Waals surface area contributed by atoms with Gasteiger partial charge < -0.3 is 5.32 Å². The topological polar surface area (TPSA) is 32.3 Å². The van der Waals surface area contributed by atoms with E-state index in [9.17, 15) is 4.79 Å². The quantitative estimate of drug-likeness (QED) is 0.863. The van der Waals surface area contributed by atoms with Crippen molar-refractivity contribution < 1.29 is 4.79 Å². The summed E-state index contributed by atoms with van der Waals surface area (Å²) in [7, 11) is 0. The first kappa shape index (κ1) is 14.6. The Balaban J connectivity index is 1.74. The third kappa shape index (κ3) is 3.29. The van der Waals surface area contributed by atoms with Gasteiger partial charge in [-0.25, -0.2) is 0 Å². The smallest absolute Gasteiger partial charge is 0.179 e. The highest BCUT2D eigenvalue weighted by Gasteiger charge is 2.24. The van der Waals surface area contributed by atoms with Gasteiger partial charge in [-0.3, -0.25) is 9.69 Å². The highest BCUT2D eigenvalue weighted by molar-refractivity contribution is 6.00. The lowest BCUT2D eigenvalue weighted by Gasteiger charge is -2.27. The average molecular weight is 286 g/mol. The van der Waals surface area contributed by atoms with Gasteiger partial charge in [-0.2, -0.15) is 0 Å². The molecular weight excluding hydrogens is 260 g/mol. The summed E-state index contributed by atoms with van der Waals surface area (Å²) < 4.78 is 0. The molecule has 2 aliphatic heterocycles. The zero-order valence-corrected chi connectivity index (χ0v) is 13.0. The Morgan fingerprint density at radius 1 is 1.14 bits per heavy atom. The predicted octanol–water partition coefficient (Wildman–Crippen LogP) is 3.49. The SMILES string of the molecule is CC(C(=O)c1ccc2c(c1)CCCN2)N1CCCCCC1. The van der Waals surface area contributed by atoms with E-state index in [0.717, 1.165) is 38.0 Å². The largest absolute Gasteiger partial charge is 0.385 e. The van der Waals surface area contributed by atoms with Gasteiger partial charge in [0.1, 0.15) is 0 Å². The van der Waals surface area contributed by atoms with Crippen molar-refractivity contribution in [2.75, 3.05) is 25.0 Å². The first-order valence-corrected chi connectivity index (χ1v) is 8.41. The van der Waals surface area contributed by atoms with E-state index in [2.05, 4.69) is 29.3 Å². The first-order valence-electron chi connectivity index (χ1n) is 8.41. The molecule has 1 N–H and O–H groups in total. The molecule has 0 aromatic heterocycles. The maximum absolute atomic E-state index is 12.8. The number of ketones is 1. The van der Waals surface area contributed by atoms with E-state index < -0.39 is 0 Å². The molecular formula is C18H26N2O. The Hall–Kier alpha value is -1.35. The van der Waals surface area contributed by atoms with Crippen LogP contribution < -0.4 is 5.32 Å². The lowest BCUT2D eigenvalue weighted by molar-refractivity contribution is 0.0842. The maximum Gasteiger partial charge on any atom is 0.179 e. The summed E-state index contributed by atoms with van der Waals surface area (Å²) in [5.41, 5.74) is 3.39. The molecule has 1 aromatic carbocycles. The number of fused-ring (bicyclic) bond motifs is 1. The lowest BCUT2D eigenvalue weighted by Crippen LogP contribution is -2.39. The molecule has 1 fully saturated rings. The Morgan fingerprint density at radius 3 is 2.67 bits per heavy atom. The van der Waals surface area contributed by atoms with Crippen molar-refractivity contribution in [3.63, 3.8) is 0 Å². The summed E-state index contributed by atoms with van der Waals surface area (Å²) in [5, 5.41) is 3.41. The Morgan fingerprint density at radius 2 is 1.90 bits per heavy atom. The molecule has 21 heavy (non-hydrogen) atoms. The van der Waals surface area contributed by atoms with Crippen LogP contribution in [0.1, 0.15) is 54.9 Å². The molecule has 3 heteroatoms. The molecule has 0 radical (unpaired) electrons. The van der Waals surface area contributed by atoms with Crippen molar-refractivity contribution in [3.05, 3.63) is 29.3 Å². The molecule has 3 rings (SSSR count). The van der Waals surface area contributed by atoms with Gasteiger partial charge in [-0.15, -0.1) is 0 Å². The molecule has 0 aliphatic carbocycles. The normalized spacial score (nSPS) is 21.0. The molecule has 2 heterocycles. The molecule has 1 saturated heterocycles. The number of Topliss-reactive ketones (excluding diaryl/α,β-unsaturated/α-hetero) is 1. The van der Waals surface area contributed by atoms with Gasteiger partial charge in [0.15, 0.2) is 5.78 Å². The Kier molecular flexibility index (Phi) is 4.59. The molecule has 0 bridgehead atoms. The molecule has 0 saturated carbocycles. The standard InChI is InChI=1S/C18H26N2O/c1-14(20-11-4-2-3-5-12-20)18(21)16-8-9-17-15(13-16)7-6-10-19-17/h8-9,13-14,19H,2-7,10-12H2,1H3. The van der Waals surface area contributed by atoms with Crippen molar-refractivity contribution in [2.24, 2.45) is 0 Å². The molecule has 1 aromatic rings. The first-order chi connectivity index (χ1) is 10.3. The molecule has 0 amide bonds. The van der Waals surface area contributed by atoms with Gasteiger partial charge in [0, 0.05) is 17.8 Å². The number of likely N-dealkylation sites (tertiary alicyclic amines) is 1. The highest BCUT2D eigenvalue weighted by Crippen LogP contribution is 2.24. The lowest BCUT2D eigenvalue weighted by atomic mass is 9.96. The van der Waals surface area contributed by atoms with Crippen LogP contribution in [0.3, 0.4) is 0 Å². The zero-order valence-electron chi connectivity index (χ0n) is 13.0. The van der Waals surface area contributed by atoms with Crippen LogP contribution in [0, 0.1) is 0 Å². The number of aryl methyl sites for hydroxylation is 1. The average Bonchev–Trinajstić information content (AvgIpc) is 2.82. The molecule has 3 nitrogen and oxygen atoms in total. The number of carbonyl (C=O) groups is 1. The second kappa shape index (κ2) is 6.61. The van der Waals surface area contributed by atoms with E-state index in [1.54, 1.807) is 0 Å². The Bertz CT molecular complexity index is 504. The molecule has 1 atom stereocenters. The van der Waals surface area contributed by atoms with Gasteiger partial charge in [0.25, 0.3) is 0 Å². The van der Waals surface area contributed by atoms with Gasteiger partial charge in [-0.05, 0) is 69.5 Å². The van der Waals surface area contributed by atoms with E-state index in [1.165, 1.54) is 36.9 Å². The van der Waals surface area contributed by atoms with E-state index in [4.69, 9.17) is 0 Å². The van der Waals surface area contributed by atoms with E-state index in [1.807, 2.05) is 6.07 Å². The Labute approximate surface area is 127 Å². The fraction of sp³-hybridized carbons (Fsp3) is 0.611. The number of rotatable bonds is 3. The third-order valence-corrected chi connectivity index (χ3v) is 4.90. The van der Waals surface area contributed by atoms with Gasteiger partial charge >= 0.3 is 0 Å². The monoisotopic (exact) mass is 286 g/mol. The van der Waals surface area contributed by atoms with Crippen LogP contribution in [0.15, 0.2) is 18.2 Å². The number of benzene rings is 1. The van der Waals surface area contributed by atoms with Crippen LogP contribution in [0.4, 0.5) is 5.69 Å². The van der Waals surface area contributed by atoms with Crippen LogP contribution in [0.25, 0.3) is 0 Å². The van der Waals surface area contributed by atoms with Gasteiger partial charge in [0.2, 0.25) is 0 Å². The van der Waals surface area contributed by atoms with E-state index in [0.29, 0.717) is 0 Å². The van der Waals surface area contributed by atoms with E-state index in [-0.39, 0.29) is 11.8 Å². The molecule has 0 spiro atoms. The summed E-state index contributed by atoms with van der Waals surface area (Å²) in [6.07, 6.45) is 7.31. The predicted molar refractivity (Wildman–Crippen MR) is 87.1 cm³/mol. The van der Waals surface area contributed by atoms with Crippen LogP contribution in [0.5, 0.6) is 0 Å². The summed E-state index contributed by atoms with van der Waals surface area (Å²) >= 11 is 0. The number of nitrogens with one attached hydrogen (secondary N) is 1. The van der Waals surface area contributed by atoms with Crippen LogP contribution >= 0.6 is 0 Å². The van der Waals surface area contributed by atoms with Crippen molar-refractivity contribution in [2.45, 2.75) is 51.5 Å². The van der Waals surface area contributed by atoms with Crippen molar-refractivity contribution in [1.29, 1.82) is 0 Å². The summed E-state index contributed by atoms with van der Waals surface area (Å²) in [6.45, 7) is 5.26. The number of hydrogen-bond acceptors (Lipinski definition) is 3. The van der Waals surface area contributed by atoms with Gasteiger partial charge in [-0.1, -0.05) is 12.8 Å². The summed E-state index contributed by atoms with van der Waals surface area (Å²) in [6, 6.07) is 6.20. The van der Waals surface area contributed by atoms with E-state index >= 15 is 0 Å². The minimum atomic E-state index is 0.0118. The zero-order chi connectivity index (χ0) is 14.7. The minimum Gasteiger partial charge on any atom is -0.385 e. The summed E-state index contributed by atoms with van der Waals surface area (Å²) in [5.74, 6) is 0.283. The molecule has 2 aliphatic rings. The number of carbonyl (C=O) groups excluding carboxylic acids is 1. The van der Waals surface area contributed by atoms with Crippen LogP contribution in [0.2, 0.25) is 0 Å². The van der Waals surface area contributed by atoms with Crippen molar-refractivity contribution >= 4 is 11.5 Å². The molecule has 114 valence electrons. The minimum absolute atomic E-state index is 0.0118. The number of hydrogen-bond donors (Lipinski definition) is 1. The second-order valence-electron chi connectivity index (χ2n) is 6.39. The maximum atomic E-state index is 12.8. The fourth-order valence-corrected chi connectivity index (χ4v) is 3.52. The third-order valence-electron chi connectivity index (χ3n) is 4.90. The second-order valence-corrected chi connectivity index (χ2v) is 6.39. The highest BCUT2D eigenvalue weighted by atomic mass is 16.1. The van der Waals surface area contributed by atoms with Gasteiger partial charge in [0.05, 0.1) is 6.04 Å². The number of anilines is 1. The fourth-order valence-electron chi connectivity index (χ4n) is 3.52. The van der Waals surface area contributed by atoms with Crippen LogP contribution in [-0.2, 0) is 6.42 Å². The number of nitrogens with zero attached hydrogens (tertiary/aromatic N) is 1.